The Balaban J connectivity index is 2.15. The van der Waals surface area contributed by atoms with Gasteiger partial charge in [-0.25, -0.2) is 13.1 Å². The number of halogens is 3. The number of nitrogens with one attached hydrogen (secondary N) is 2. The molecule has 28 heavy (non-hydrogen) atoms. The Morgan fingerprint density at radius 3 is 2.14 bits per heavy atom. The van der Waals surface area contributed by atoms with E-state index in [4.69, 9.17) is 0 Å². The van der Waals surface area contributed by atoms with Gasteiger partial charge in [0.2, 0.25) is 10.0 Å². The van der Waals surface area contributed by atoms with Crippen LogP contribution in [0.15, 0.2) is 53.4 Å². The molecule has 0 aromatic heterocycles. The van der Waals surface area contributed by atoms with Crippen LogP contribution in [0.25, 0.3) is 0 Å². The van der Waals surface area contributed by atoms with E-state index in [9.17, 15) is 26.4 Å². The molecule has 1 amide bonds. The minimum Gasteiger partial charge on any atom is -0.406 e. The van der Waals surface area contributed by atoms with Crippen molar-refractivity contribution in [2.75, 3.05) is 5.32 Å². The predicted molar refractivity (Wildman–Crippen MR) is 97.6 cm³/mol. The van der Waals surface area contributed by atoms with E-state index in [1.165, 1.54) is 36.4 Å². The number of benzene rings is 2. The molecular formula is C18H19F3N2O4S. The first-order valence-electron chi connectivity index (χ1n) is 8.06. The molecule has 0 heterocycles. The van der Waals surface area contributed by atoms with Crippen molar-refractivity contribution in [3.8, 4) is 5.75 Å². The second-order valence-electron chi connectivity index (χ2n) is 6.91. The summed E-state index contributed by atoms with van der Waals surface area (Å²) in [5, 5.41) is 2.48. The zero-order valence-corrected chi connectivity index (χ0v) is 16.1. The van der Waals surface area contributed by atoms with Crippen molar-refractivity contribution in [3.63, 3.8) is 0 Å². The summed E-state index contributed by atoms with van der Waals surface area (Å²) in [6.07, 6.45) is -4.81. The molecule has 152 valence electrons. The van der Waals surface area contributed by atoms with Gasteiger partial charge < -0.3 is 10.1 Å². The monoisotopic (exact) mass is 416 g/mol. The largest absolute Gasteiger partial charge is 0.573 e. The van der Waals surface area contributed by atoms with E-state index in [1.54, 1.807) is 20.8 Å². The molecule has 10 heteroatoms. The molecule has 6 nitrogen and oxygen atoms in total. The molecule has 0 aliphatic carbocycles. The van der Waals surface area contributed by atoms with Crippen molar-refractivity contribution in [3.05, 3.63) is 54.1 Å². The molecule has 0 spiro atoms. The lowest BCUT2D eigenvalue weighted by molar-refractivity contribution is -0.274. The maximum atomic E-state index is 12.4. The van der Waals surface area contributed by atoms with E-state index in [1.807, 2.05) is 0 Å². The van der Waals surface area contributed by atoms with Gasteiger partial charge >= 0.3 is 6.36 Å². The van der Waals surface area contributed by atoms with E-state index < -0.39 is 33.6 Å². The molecule has 0 aliphatic heterocycles. The van der Waals surface area contributed by atoms with Crippen molar-refractivity contribution in [2.45, 2.75) is 37.6 Å². The molecule has 0 saturated heterocycles. The number of hydrogen-bond acceptors (Lipinski definition) is 4. The second kappa shape index (κ2) is 7.80. The van der Waals surface area contributed by atoms with Gasteiger partial charge in [-0.2, -0.15) is 0 Å². The number of ether oxygens (including phenoxy) is 1. The average Bonchev–Trinajstić information content (AvgIpc) is 2.53. The van der Waals surface area contributed by atoms with Gasteiger partial charge in [-0.1, -0.05) is 6.07 Å². The molecule has 0 aliphatic rings. The highest BCUT2D eigenvalue weighted by Crippen LogP contribution is 2.24. The first kappa shape index (κ1) is 21.7. The third-order valence-corrected chi connectivity index (χ3v) is 4.95. The molecule has 0 fully saturated rings. The summed E-state index contributed by atoms with van der Waals surface area (Å²) in [5.74, 6) is -1.04. The molecule has 2 aromatic rings. The fraction of sp³-hybridized carbons (Fsp3) is 0.278. The van der Waals surface area contributed by atoms with Crippen LogP contribution in [-0.4, -0.2) is 26.2 Å². The third-order valence-electron chi connectivity index (χ3n) is 3.19. The van der Waals surface area contributed by atoms with Crippen LogP contribution in [0.1, 0.15) is 31.1 Å². The number of anilines is 1. The Hall–Kier alpha value is -2.59. The smallest absolute Gasteiger partial charge is 0.406 e. The van der Waals surface area contributed by atoms with Crippen molar-refractivity contribution >= 4 is 21.6 Å². The summed E-state index contributed by atoms with van der Waals surface area (Å²) >= 11 is 0. The Morgan fingerprint density at radius 2 is 1.61 bits per heavy atom. The maximum absolute atomic E-state index is 12.4. The number of sulfonamides is 1. The zero-order valence-electron chi connectivity index (χ0n) is 15.3. The van der Waals surface area contributed by atoms with Gasteiger partial charge in [0.1, 0.15) is 5.75 Å². The number of rotatable bonds is 5. The molecule has 2 aromatic carbocycles. The number of hydrogen-bond donors (Lipinski definition) is 2. The second-order valence-corrected chi connectivity index (χ2v) is 8.59. The number of carbonyl (C=O) groups is 1. The van der Waals surface area contributed by atoms with Crippen LogP contribution in [-0.2, 0) is 10.0 Å². The van der Waals surface area contributed by atoms with Gasteiger partial charge in [0.05, 0.1) is 4.90 Å². The topological polar surface area (TPSA) is 84.5 Å². The SMILES string of the molecule is CC(C)(C)NS(=O)(=O)c1cccc(C(=O)Nc2ccc(OC(F)(F)F)cc2)c1. The molecule has 2 rings (SSSR count). The van der Waals surface area contributed by atoms with E-state index >= 15 is 0 Å². The van der Waals surface area contributed by atoms with Crippen LogP contribution < -0.4 is 14.8 Å². The van der Waals surface area contributed by atoms with E-state index in [0.29, 0.717) is 0 Å². The first-order chi connectivity index (χ1) is 12.8. The number of carbonyl (C=O) groups excluding carboxylic acids is 1. The first-order valence-corrected chi connectivity index (χ1v) is 9.55. The van der Waals surface area contributed by atoms with Crippen molar-refractivity contribution in [2.24, 2.45) is 0 Å². The van der Waals surface area contributed by atoms with Gasteiger partial charge in [0.25, 0.3) is 5.91 Å². The van der Waals surface area contributed by atoms with Gasteiger partial charge in [-0.3, -0.25) is 4.79 Å². The summed E-state index contributed by atoms with van der Waals surface area (Å²) in [6, 6.07) is 9.99. The fourth-order valence-corrected chi connectivity index (χ4v) is 3.67. The maximum Gasteiger partial charge on any atom is 0.573 e. The highest BCUT2D eigenvalue weighted by atomic mass is 32.2. The molecule has 0 saturated carbocycles. The van der Waals surface area contributed by atoms with Crippen molar-refractivity contribution in [1.82, 2.24) is 4.72 Å². The van der Waals surface area contributed by atoms with Crippen LogP contribution in [0.5, 0.6) is 5.75 Å². The van der Waals surface area contributed by atoms with Crippen LogP contribution >= 0.6 is 0 Å². The lowest BCUT2D eigenvalue weighted by Gasteiger charge is -2.20. The predicted octanol–water partition coefficient (Wildman–Crippen LogP) is 3.91. The van der Waals surface area contributed by atoms with Crippen LogP contribution in [0.3, 0.4) is 0 Å². The molecule has 0 radical (unpaired) electrons. The van der Waals surface area contributed by atoms with Gasteiger partial charge in [-0.05, 0) is 63.2 Å². The van der Waals surface area contributed by atoms with E-state index in [0.717, 1.165) is 12.1 Å². The highest BCUT2D eigenvalue weighted by Gasteiger charge is 2.31. The minimum atomic E-state index is -4.81. The van der Waals surface area contributed by atoms with E-state index in [2.05, 4.69) is 14.8 Å². The standard InChI is InChI=1S/C18H19F3N2O4S/c1-17(2,3)23-28(25,26)15-6-4-5-12(11-15)16(24)22-13-7-9-14(10-8-13)27-18(19,20)21/h4-11,23H,1-3H3,(H,22,24). The molecule has 0 unspecified atom stereocenters. The highest BCUT2D eigenvalue weighted by molar-refractivity contribution is 7.89. The zero-order chi connectivity index (χ0) is 21.2. The van der Waals surface area contributed by atoms with Gasteiger partial charge in [-0.15, -0.1) is 13.2 Å². The Kier molecular flexibility index (Phi) is 6.05. The Morgan fingerprint density at radius 1 is 1.00 bits per heavy atom. The quantitative estimate of drug-likeness (QED) is 0.774. The summed E-state index contributed by atoms with van der Waals surface area (Å²) in [5.41, 5.74) is -0.398. The van der Waals surface area contributed by atoms with Crippen LogP contribution in [0.2, 0.25) is 0 Å². The van der Waals surface area contributed by atoms with Crippen molar-refractivity contribution < 1.29 is 31.1 Å². The summed E-state index contributed by atoms with van der Waals surface area (Å²) in [4.78, 5) is 12.3. The number of alkyl halides is 3. The minimum absolute atomic E-state index is 0.0763. The van der Waals surface area contributed by atoms with Crippen molar-refractivity contribution in [1.29, 1.82) is 0 Å². The average molecular weight is 416 g/mol. The van der Waals surface area contributed by atoms with Gasteiger partial charge in [0, 0.05) is 16.8 Å². The molecule has 2 N–H and O–H groups in total. The summed E-state index contributed by atoms with van der Waals surface area (Å²) in [7, 11) is -3.82. The lowest BCUT2D eigenvalue weighted by atomic mass is 10.1. The third kappa shape index (κ3) is 6.54. The van der Waals surface area contributed by atoms with Gasteiger partial charge in [0.15, 0.2) is 0 Å². The molecule has 0 bridgehead atoms. The molecular weight excluding hydrogens is 397 g/mol. The molecule has 0 atom stereocenters. The summed E-state index contributed by atoms with van der Waals surface area (Å²) < 4.78 is 67.5. The number of amides is 1. The fourth-order valence-electron chi connectivity index (χ4n) is 2.21. The van der Waals surface area contributed by atoms with Crippen LogP contribution in [0.4, 0.5) is 18.9 Å². The Labute approximate surface area is 160 Å². The normalized spacial score (nSPS) is 12.5. The van der Waals surface area contributed by atoms with E-state index in [-0.39, 0.29) is 16.1 Å². The van der Waals surface area contributed by atoms with Crippen LogP contribution in [0, 0.1) is 0 Å². The Bertz CT molecular complexity index is 950. The summed E-state index contributed by atoms with van der Waals surface area (Å²) in [6.45, 7) is 5.06. The lowest BCUT2D eigenvalue weighted by Crippen LogP contribution is -2.40.